The number of carbonyl (C=O) groups excluding carboxylic acids is 2. The van der Waals surface area contributed by atoms with Crippen LogP contribution in [0.4, 0.5) is 0 Å². The van der Waals surface area contributed by atoms with Crippen molar-refractivity contribution in [1.82, 2.24) is 10.2 Å². The van der Waals surface area contributed by atoms with Crippen LogP contribution in [0, 0.1) is 0 Å². The van der Waals surface area contributed by atoms with Crippen molar-refractivity contribution in [3.05, 3.63) is 0 Å². The van der Waals surface area contributed by atoms with Crippen LogP contribution >= 0.6 is 0 Å². The molecule has 0 aromatic carbocycles. The van der Waals surface area contributed by atoms with Gasteiger partial charge in [-0.05, 0) is 32.6 Å². The largest absolute Gasteiger partial charge is 0.378 e. The van der Waals surface area contributed by atoms with Crippen LogP contribution in [-0.4, -0.2) is 47.6 Å². The van der Waals surface area contributed by atoms with Crippen molar-refractivity contribution < 1.29 is 14.3 Å². The number of nitrogens with zero attached hydrogens (tertiary/aromatic N) is 1. The molecule has 5 nitrogen and oxygen atoms in total. The van der Waals surface area contributed by atoms with Crippen molar-refractivity contribution in [1.29, 1.82) is 0 Å². The lowest BCUT2D eigenvalue weighted by atomic mass is 9.79. The molecule has 21 heavy (non-hydrogen) atoms. The number of ether oxygens (including phenoxy) is 1. The Hall–Kier alpha value is -1.10. The minimum atomic E-state index is -0.609. The quantitative estimate of drug-likeness (QED) is 0.860. The van der Waals surface area contributed by atoms with Crippen LogP contribution in [0.2, 0.25) is 0 Å². The van der Waals surface area contributed by atoms with E-state index in [2.05, 4.69) is 5.32 Å². The number of rotatable bonds is 3. The van der Waals surface area contributed by atoms with E-state index < -0.39 is 5.54 Å². The summed E-state index contributed by atoms with van der Waals surface area (Å²) in [5.41, 5.74) is -0.609. The third kappa shape index (κ3) is 2.80. The summed E-state index contributed by atoms with van der Waals surface area (Å²) in [5.74, 6) is 0.196. The molecule has 0 aromatic rings. The van der Waals surface area contributed by atoms with Gasteiger partial charge in [0.15, 0.2) is 0 Å². The van der Waals surface area contributed by atoms with E-state index >= 15 is 0 Å². The van der Waals surface area contributed by atoms with E-state index in [0.717, 1.165) is 45.1 Å². The van der Waals surface area contributed by atoms with Gasteiger partial charge in [-0.2, -0.15) is 0 Å². The van der Waals surface area contributed by atoms with E-state index in [1.165, 1.54) is 6.42 Å². The molecule has 1 spiro atoms. The van der Waals surface area contributed by atoms with Gasteiger partial charge < -0.3 is 15.0 Å². The second kappa shape index (κ2) is 5.95. The lowest BCUT2D eigenvalue weighted by molar-refractivity contribution is -0.147. The molecule has 0 unspecified atom stereocenters. The summed E-state index contributed by atoms with van der Waals surface area (Å²) in [7, 11) is 0. The molecular weight excluding hydrogens is 268 g/mol. The summed E-state index contributed by atoms with van der Waals surface area (Å²) < 4.78 is 5.60. The Kier molecular flexibility index (Phi) is 4.20. The minimum absolute atomic E-state index is 0.0356. The molecule has 3 rings (SSSR count). The SMILES string of the molecule is CCOC1CC(N2CCC(=O)NC3(CCCCC3)C2=O)C1. The Morgan fingerprint density at radius 1 is 1.24 bits per heavy atom. The minimum Gasteiger partial charge on any atom is -0.378 e. The first-order valence-electron chi connectivity index (χ1n) is 8.38. The first-order valence-corrected chi connectivity index (χ1v) is 8.38. The zero-order valence-corrected chi connectivity index (χ0v) is 12.9. The topological polar surface area (TPSA) is 58.6 Å². The fraction of sp³-hybridized carbons (Fsp3) is 0.875. The fourth-order valence-corrected chi connectivity index (χ4v) is 3.99. The van der Waals surface area contributed by atoms with Crippen molar-refractivity contribution in [2.24, 2.45) is 0 Å². The van der Waals surface area contributed by atoms with Gasteiger partial charge in [0, 0.05) is 25.6 Å². The summed E-state index contributed by atoms with van der Waals surface area (Å²) in [6.45, 7) is 3.30. The lowest BCUT2D eigenvalue weighted by Gasteiger charge is -2.46. The van der Waals surface area contributed by atoms with Crippen LogP contribution < -0.4 is 5.32 Å². The smallest absolute Gasteiger partial charge is 0.248 e. The maximum atomic E-state index is 13.0. The molecule has 3 aliphatic rings. The molecule has 0 atom stereocenters. The van der Waals surface area contributed by atoms with Crippen LogP contribution in [0.25, 0.3) is 0 Å². The van der Waals surface area contributed by atoms with E-state index in [0.29, 0.717) is 19.1 Å². The molecule has 0 aromatic heterocycles. The Bertz CT molecular complexity index is 412. The highest BCUT2D eigenvalue weighted by Gasteiger charge is 2.48. The molecule has 0 radical (unpaired) electrons. The third-order valence-electron chi connectivity index (χ3n) is 5.25. The second-order valence-electron chi connectivity index (χ2n) is 6.64. The van der Waals surface area contributed by atoms with Crippen molar-refractivity contribution in [3.63, 3.8) is 0 Å². The van der Waals surface area contributed by atoms with Gasteiger partial charge in [-0.15, -0.1) is 0 Å². The van der Waals surface area contributed by atoms with Gasteiger partial charge >= 0.3 is 0 Å². The maximum Gasteiger partial charge on any atom is 0.248 e. The average Bonchev–Trinajstić information content (AvgIpc) is 2.54. The number of hydrogen-bond acceptors (Lipinski definition) is 3. The summed E-state index contributed by atoms with van der Waals surface area (Å²) in [4.78, 5) is 27.0. The number of nitrogens with one attached hydrogen (secondary N) is 1. The van der Waals surface area contributed by atoms with Crippen molar-refractivity contribution in [2.45, 2.75) is 76.0 Å². The highest BCUT2D eigenvalue weighted by molar-refractivity contribution is 5.93. The molecule has 0 bridgehead atoms. The van der Waals surface area contributed by atoms with Gasteiger partial charge in [0.1, 0.15) is 5.54 Å². The van der Waals surface area contributed by atoms with Crippen LogP contribution in [0.1, 0.15) is 58.3 Å². The molecule has 2 saturated carbocycles. The van der Waals surface area contributed by atoms with Crippen molar-refractivity contribution in [2.75, 3.05) is 13.2 Å². The zero-order valence-electron chi connectivity index (χ0n) is 12.9. The Morgan fingerprint density at radius 2 is 1.95 bits per heavy atom. The van der Waals surface area contributed by atoms with E-state index in [-0.39, 0.29) is 17.9 Å². The summed E-state index contributed by atoms with van der Waals surface area (Å²) >= 11 is 0. The molecule has 118 valence electrons. The molecule has 3 fully saturated rings. The molecule has 2 aliphatic carbocycles. The Morgan fingerprint density at radius 3 is 2.62 bits per heavy atom. The molecule has 5 heteroatoms. The van der Waals surface area contributed by atoms with E-state index in [9.17, 15) is 9.59 Å². The van der Waals surface area contributed by atoms with E-state index in [1.54, 1.807) is 0 Å². The van der Waals surface area contributed by atoms with Gasteiger partial charge in [-0.1, -0.05) is 19.3 Å². The van der Waals surface area contributed by atoms with Gasteiger partial charge in [0.2, 0.25) is 11.8 Å². The highest BCUT2D eigenvalue weighted by Crippen LogP contribution is 2.36. The Labute approximate surface area is 126 Å². The van der Waals surface area contributed by atoms with Crippen LogP contribution in [0.15, 0.2) is 0 Å². The average molecular weight is 294 g/mol. The predicted molar refractivity (Wildman–Crippen MR) is 78.7 cm³/mol. The third-order valence-corrected chi connectivity index (χ3v) is 5.25. The molecular formula is C16H26N2O3. The number of carbonyl (C=O) groups is 2. The van der Waals surface area contributed by atoms with Gasteiger partial charge in [0.25, 0.3) is 0 Å². The molecule has 1 heterocycles. The van der Waals surface area contributed by atoms with Crippen molar-refractivity contribution >= 4 is 11.8 Å². The van der Waals surface area contributed by atoms with Gasteiger partial charge in [-0.25, -0.2) is 0 Å². The van der Waals surface area contributed by atoms with Crippen LogP contribution in [0.5, 0.6) is 0 Å². The first kappa shape index (κ1) is 14.8. The number of amides is 2. The number of hydrogen-bond donors (Lipinski definition) is 1. The zero-order chi connectivity index (χ0) is 14.9. The normalized spacial score (nSPS) is 32.5. The molecule has 2 amide bonds. The Balaban J connectivity index is 1.72. The molecule has 1 aliphatic heterocycles. The van der Waals surface area contributed by atoms with Crippen molar-refractivity contribution in [3.8, 4) is 0 Å². The maximum absolute atomic E-state index is 13.0. The standard InChI is InChI=1S/C16H26N2O3/c1-2-21-13-10-12(11-13)18-9-6-14(19)17-16(15(18)20)7-4-3-5-8-16/h12-13H,2-11H2,1H3,(H,17,19). The fourth-order valence-electron chi connectivity index (χ4n) is 3.99. The highest BCUT2D eigenvalue weighted by atomic mass is 16.5. The van der Waals surface area contributed by atoms with Gasteiger partial charge in [-0.3, -0.25) is 9.59 Å². The first-order chi connectivity index (χ1) is 10.1. The summed E-state index contributed by atoms with van der Waals surface area (Å²) in [6.07, 6.45) is 7.41. The second-order valence-corrected chi connectivity index (χ2v) is 6.64. The predicted octanol–water partition coefficient (Wildman–Crippen LogP) is 1.61. The van der Waals surface area contributed by atoms with Crippen LogP contribution in [0.3, 0.4) is 0 Å². The van der Waals surface area contributed by atoms with E-state index in [4.69, 9.17) is 4.74 Å². The summed E-state index contributed by atoms with van der Waals surface area (Å²) in [5, 5.41) is 3.05. The molecule has 1 N–H and O–H groups in total. The monoisotopic (exact) mass is 294 g/mol. The van der Waals surface area contributed by atoms with Gasteiger partial charge in [0.05, 0.1) is 6.10 Å². The lowest BCUT2D eigenvalue weighted by Crippen LogP contribution is -2.61. The summed E-state index contributed by atoms with van der Waals surface area (Å²) in [6, 6.07) is 0.264. The van der Waals surface area contributed by atoms with E-state index in [1.807, 2.05) is 11.8 Å². The molecule has 1 saturated heterocycles. The van der Waals surface area contributed by atoms with Crippen LogP contribution in [-0.2, 0) is 14.3 Å².